The molecule has 2 bridgehead atoms. The largest absolute Gasteiger partial charge is 0.394 e. The predicted molar refractivity (Wildman–Crippen MR) is 141 cm³/mol. The third kappa shape index (κ3) is 4.64. The van der Waals surface area contributed by atoms with Gasteiger partial charge in [-0.25, -0.2) is 0 Å². The van der Waals surface area contributed by atoms with Crippen LogP contribution in [0.2, 0.25) is 0 Å². The quantitative estimate of drug-likeness (QED) is 0.299. The predicted octanol–water partition coefficient (Wildman–Crippen LogP) is 2.70. The average molecular weight is 567 g/mol. The van der Waals surface area contributed by atoms with Crippen molar-refractivity contribution in [2.75, 3.05) is 13.2 Å². The molecule has 7 atom stereocenters. The van der Waals surface area contributed by atoms with E-state index in [1.165, 1.54) is 0 Å². The van der Waals surface area contributed by atoms with Crippen LogP contribution in [0.1, 0.15) is 45.6 Å². The van der Waals surface area contributed by atoms with Gasteiger partial charge in [0.05, 0.1) is 29.2 Å². The van der Waals surface area contributed by atoms with Crippen LogP contribution in [0.3, 0.4) is 0 Å². The highest BCUT2D eigenvalue weighted by Gasteiger charge is 2.76. The molecule has 9 heteroatoms. The lowest BCUT2D eigenvalue weighted by Crippen LogP contribution is -2.58. The number of unbranched alkanes of at least 4 members (excludes halogenated alkanes) is 1. The number of nitrogens with zero attached hydrogens (tertiary/aromatic N) is 1. The van der Waals surface area contributed by atoms with E-state index in [1.54, 1.807) is 16.7 Å². The second kappa shape index (κ2) is 10.8. The minimum Gasteiger partial charge on any atom is -0.394 e. The topological polar surface area (TPSA) is 98.7 Å². The number of alkyl halides is 1. The monoisotopic (exact) mass is 565 g/mol. The van der Waals surface area contributed by atoms with E-state index < -0.39 is 28.7 Å². The molecule has 192 valence electrons. The van der Waals surface area contributed by atoms with E-state index in [2.05, 4.69) is 33.5 Å². The zero-order chi connectivity index (χ0) is 25.3. The zero-order valence-corrected chi connectivity index (χ0v) is 23.0. The standard InChI is InChI=1S/C26H36BrN3O4S/c1-4-5-11-28-24(33)22-26-12-17(27)21(35-26)19(23(32)29-13-16-9-7-6-8-10-16)20(26)25(34)30(22)18(14-31)15(2)3/h6-10,15,17-22,31H,4-5,11-14H2,1-3H3,(H,28,33)(H,29,32)/t17?,18-,19+,20-,21+,22?,26?/m0/s1. The van der Waals surface area contributed by atoms with Gasteiger partial charge in [0.1, 0.15) is 6.04 Å². The number of fused-ring (bicyclic) bond motifs is 1. The number of halogens is 1. The lowest BCUT2D eigenvalue weighted by atomic mass is 9.70. The van der Waals surface area contributed by atoms with Crippen molar-refractivity contribution in [2.45, 2.75) is 73.5 Å². The first-order chi connectivity index (χ1) is 16.8. The first-order valence-corrected chi connectivity index (χ1v) is 14.4. The molecular formula is C26H36BrN3O4S. The number of carbonyl (C=O) groups is 3. The molecule has 0 saturated carbocycles. The van der Waals surface area contributed by atoms with Gasteiger partial charge in [0, 0.05) is 23.2 Å². The summed E-state index contributed by atoms with van der Waals surface area (Å²) in [6, 6.07) is 8.51. The van der Waals surface area contributed by atoms with E-state index >= 15 is 0 Å². The van der Waals surface area contributed by atoms with Crippen molar-refractivity contribution in [1.82, 2.24) is 15.5 Å². The molecule has 0 aromatic heterocycles. The van der Waals surface area contributed by atoms with Crippen molar-refractivity contribution < 1.29 is 19.5 Å². The number of aliphatic hydroxyl groups is 1. The molecule has 3 aliphatic heterocycles. The normalized spacial score (nSPS) is 32.1. The van der Waals surface area contributed by atoms with Crippen LogP contribution < -0.4 is 10.6 Å². The van der Waals surface area contributed by atoms with Gasteiger partial charge in [0.15, 0.2) is 0 Å². The lowest BCUT2D eigenvalue weighted by Gasteiger charge is -2.38. The van der Waals surface area contributed by atoms with Crippen LogP contribution in [0, 0.1) is 17.8 Å². The Balaban J connectivity index is 1.66. The Hall–Kier alpha value is -1.58. The highest BCUT2D eigenvalue weighted by atomic mass is 79.9. The fraction of sp³-hybridized carbons (Fsp3) is 0.654. The van der Waals surface area contributed by atoms with Gasteiger partial charge in [-0.05, 0) is 24.3 Å². The molecule has 1 aromatic rings. The van der Waals surface area contributed by atoms with E-state index in [-0.39, 0.29) is 40.3 Å². The number of amides is 3. The molecule has 3 unspecified atom stereocenters. The van der Waals surface area contributed by atoms with E-state index in [0.29, 0.717) is 19.5 Å². The summed E-state index contributed by atoms with van der Waals surface area (Å²) in [5.74, 6) is -1.65. The molecule has 3 heterocycles. The second-order valence-electron chi connectivity index (χ2n) is 10.3. The molecule has 3 aliphatic rings. The minimum absolute atomic E-state index is 0.0292. The Kier molecular flexibility index (Phi) is 8.18. The van der Waals surface area contributed by atoms with Gasteiger partial charge in [0.25, 0.3) is 0 Å². The summed E-state index contributed by atoms with van der Waals surface area (Å²) < 4.78 is -0.691. The van der Waals surface area contributed by atoms with Crippen LogP contribution >= 0.6 is 27.7 Å². The third-order valence-corrected chi connectivity index (χ3v) is 11.0. The van der Waals surface area contributed by atoms with Crippen LogP contribution in [0.5, 0.6) is 0 Å². The van der Waals surface area contributed by atoms with Crippen LogP contribution in [-0.4, -0.2) is 67.8 Å². The molecule has 0 aliphatic carbocycles. The number of carbonyl (C=O) groups excluding carboxylic acids is 3. The number of hydrogen-bond donors (Lipinski definition) is 3. The summed E-state index contributed by atoms with van der Waals surface area (Å²) in [6.07, 6.45) is 2.45. The summed E-state index contributed by atoms with van der Waals surface area (Å²) in [7, 11) is 0. The van der Waals surface area contributed by atoms with Crippen molar-refractivity contribution in [3.63, 3.8) is 0 Å². The van der Waals surface area contributed by atoms with Crippen LogP contribution in [0.25, 0.3) is 0 Å². The summed E-state index contributed by atoms with van der Waals surface area (Å²) in [5, 5.41) is 16.2. The molecular weight excluding hydrogens is 530 g/mol. The molecule has 1 spiro atoms. The van der Waals surface area contributed by atoms with Gasteiger partial charge in [0.2, 0.25) is 17.7 Å². The molecule has 1 aromatic carbocycles. The Morgan fingerprint density at radius 3 is 2.57 bits per heavy atom. The zero-order valence-electron chi connectivity index (χ0n) is 20.6. The number of aliphatic hydroxyl groups excluding tert-OH is 1. The number of rotatable bonds is 10. The average Bonchev–Trinajstić information content (AvgIpc) is 3.42. The second-order valence-corrected chi connectivity index (χ2v) is 13.0. The van der Waals surface area contributed by atoms with Gasteiger partial charge >= 0.3 is 0 Å². The fourth-order valence-electron chi connectivity index (χ4n) is 6.03. The Morgan fingerprint density at radius 2 is 1.94 bits per heavy atom. The number of thioether (sulfide) groups is 1. The van der Waals surface area contributed by atoms with Gasteiger partial charge < -0.3 is 20.6 Å². The SMILES string of the molecule is CCCCNC(=O)C1N([C@@H](CO)C(C)C)C(=O)[C@@H]2[C@@H](C(=O)NCc3ccccc3)[C@@H]3SC12CC3Br. The van der Waals surface area contributed by atoms with Crippen molar-refractivity contribution in [1.29, 1.82) is 0 Å². The van der Waals surface area contributed by atoms with E-state index in [9.17, 15) is 19.5 Å². The molecule has 0 radical (unpaired) electrons. The fourth-order valence-corrected chi connectivity index (χ4v) is 9.63. The Labute approximate surface area is 220 Å². The van der Waals surface area contributed by atoms with Crippen LogP contribution in [-0.2, 0) is 20.9 Å². The number of benzene rings is 1. The molecule has 7 nitrogen and oxygen atoms in total. The summed E-state index contributed by atoms with van der Waals surface area (Å²) >= 11 is 5.41. The number of hydrogen-bond acceptors (Lipinski definition) is 5. The van der Waals surface area contributed by atoms with Crippen molar-refractivity contribution >= 4 is 45.4 Å². The van der Waals surface area contributed by atoms with Gasteiger partial charge in [-0.15, -0.1) is 11.8 Å². The first kappa shape index (κ1) is 26.5. The molecule has 3 saturated heterocycles. The lowest BCUT2D eigenvalue weighted by molar-refractivity contribution is -0.143. The molecule has 3 amide bonds. The molecule has 4 rings (SSSR count). The van der Waals surface area contributed by atoms with Gasteiger partial charge in [-0.3, -0.25) is 14.4 Å². The van der Waals surface area contributed by atoms with Crippen molar-refractivity contribution in [3.05, 3.63) is 35.9 Å². The van der Waals surface area contributed by atoms with Gasteiger partial charge in [-0.2, -0.15) is 0 Å². The number of nitrogens with one attached hydrogen (secondary N) is 2. The minimum atomic E-state index is -0.710. The number of likely N-dealkylation sites (tertiary alicyclic amines) is 1. The van der Waals surface area contributed by atoms with Crippen molar-refractivity contribution in [3.8, 4) is 0 Å². The summed E-state index contributed by atoms with van der Waals surface area (Å²) in [5.41, 5.74) is 0.995. The maximum absolute atomic E-state index is 14.0. The van der Waals surface area contributed by atoms with E-state index in [4.69, 9.17) is 0 Å². The maximum atomic E-state index is 14.0. The van der Waals surface area contributed by atoms with E-state index in [0.717, 1.165) is 18.4 Å². The molecule has 35 heavy (non-hydrogen) atoms. The van der Waals surface area contributed by atoms with Crippen molar-refractivity contribution in [2.24, 2.45) is 17.8 Å². The Morgan fingerprint density at radius 1 is 1.23 bits per heavy atom. The smallest absolute Gasteiger partial charge is 0.244 e. The van der Waals surface area contributed by atoms with Crippen LogP contribution in [0.15, 0.2) is 30.3 Å². The van der Waals surface area contributed by atoms with Gasteiger partial charge in [-0.1, -0.05) is 73.5 Å². The highest BCUT2D eigenvalue weighted by Crippen LogP contribution is 2.68. The van der Waals surface area contributed by atoms with Crippen LogP contribution in [0.4, 0.5) is 0 Å². The Bertz CT molecular complexity index is 948. The highest BCUT2D eigenvalue weighted by molar-refractivity contribution is 9.09. The molecule has 3 fully saturated rings. The summed E-state index contributed by atoms with van der Waals surface area (Å²) in [4.78, 5) is 42.9. The third-order valence-electron chi connectivity index (χ3n) is 7.73. The summed E-state index contributed by atoms with van der Waals surface area (Å²) in [6.45, 7) is 6.69. The molecule has 3 N–H and O–H groups in total. The first-order valence-electron chi connectivity index (χ1n) is 12.6. The van der Waals surface area contributed by atoms with E-state index in [1.807, 2.05) is 44.2 Å². The maximum Gasteiger partial charge on any atom is 0.244 e.